The number of anilines is 1. The average molecular weight is 265 g/mol. The van der Waals surface area contributed by atoms with Crippen LogP contribution in [0.5, 0.6) is 11.6 Å². The van der Waals surface area contributed by atoms with E-state index in [9.17, 15) is 8.78 Å². The van der Waals surface area contributed by atoms with Gasteiger partial charge in [0.1, 0.15) is 18.0 Å². The second kappa shape index (κ2) is 5.60. The summed E-state index contributed by atoms with van der Waals surface area (Å²) in [4.78, 5) is 8.00. The van der Waals surface area contributed by atoms with Crippen LogP contribution in [-0.2, 0) is 6.42 Å². The number of aromatic nitrogens is 2. The zero-order valence-electron chi connectivity index (χ0n) is 10.6. The second-order valence-corrected chi connectivity index (χ2v) is 3.79. The molecule has 0 unspecified atom stereocenters. The molecular formula is C13H13F2N3O. The molecule has 0 saturated carbocycles. The van der Waals surface area contributed by atoms with E-state index in [1.54, 1.807) is 7.05 Å². The smallest absolute Gasteiger partial charge is 0.227 e. The van der Waals surface area contributed by atoms with Gasteiger partial charge in [-0.2, -0.15) is 0 Å². The van der Waals surface area contributed by atoms with Gasteiger partial charge in [-0.1, -0.05) is 6.92 Å². The number of halogens is 2. The molecule has 1 aromatic carbocycles. The maximum Gasteiger partial charge on any atom is 0.227 e. The van der Waals surface area contributed by atoms with E-state index in [1.807, 2.05) is 6.92 Å². The largest absolute Gasteiger partial charge is 0.435 e. The molecule has 0 aliphatic heterocycles. The Labute approximate surface area is 109 Å². The van der Waals surface area contributed by atoms with Crippen LogP contribution < -0.4 is 10.1 Å². The minimum atomic E-state index is -0.645. The summed E-state index contributed by atoms with van der Waals surface area (Å²) in [5.74, 6) is -0.600. The number of hydrogen-bond acceptors (Lipinski definition) is 4. The zero-order valence-corrected chi connectivity index (χ0v) is 10.6. The van der Waals surface area contributed by atoms with Gasteiger partial charge < -0.3 is 10.1 Å². The molecule has 1 aromatic heterocycles. The first-order valence-corrected chi connectivity index (χ1v) is 5.80. The zero-order chi connectivity index (χ0) is 13.8. The Kier molecular flexibility index (Phi) is 3.89. The number of rotatable bonds is 4. The molecule has 6 heteroatoms. The summed E-state index contributed by atoms with van der Waals surface area (Å²) in [6.45, 7) is 1.90. The first-order chi connectivity index (χ1) is 9.15. The normalized spacial score (nSPS) is 10.3. The van der Waals surface area contributed by atoms with Gasteiger partial charge in [0.05, 0.1) is 5.56 Å². The molecule has 0 amide bonds. The van der Waals surface area contributed by atoms with Crippen LogP contribution >= 0.6 is 0 Å². The van der Waals surface area contributed by atoms with Gasteiger partial charge in [-0.25, -0.2) is 18.7 Å². The van der Waals surface area contributed by atoms with E-state index in [4.69, 9.17) is 4.74 Å². The Bertz CT molecular complexity index is 590. The molecule has 4 nitrogen and oxygen atoms in total. The van der Waals surface area contributed by atoms with E-state index < -0.39 is 11.6 Å². The van der Waals surface area contributed by atoms with Gasteiger partial charge in [-0.05, 0) is 18.6 Å². The quantitative estimate of drug-likeness (QED) is 0.922. The van der Waals surface area contributed by atoms with Crippen LogP contribution in [0, 0.1) is 11.6 Å². The monoisotopic (exact) mass is 265 g/mol. The third-order valence-electron chi connectivity index (χ3n) is 2.60. The van der Waals surface area contributed by atoms with E-state index in [1.165, 1.54) is 6.33 Å². The predicted molar refractivity (Wildman–Crippen MR) is 67.4 cm³/mol. The summed E-state index contributed by atoms with van der Waals surface area (Å²) in [7, 11) is 1.72. The van der Waals surface area contributed by atoms with Crippen LogP contribution in [-0.4, -0.2) is 17.0 Å². The van der Waals surface area contributed by atoms with Crippen LogP contribution in [0.15, 0.2) is 24.5 Å². The minimum Gasteiger partial charge on any atom is -0.435 e. The van der Waals surface area contributed by atoms with Crippen molar-refractivity contribution in [3.8, 4) is 11.6 Å². The highest BCUT2D eigenvalue weighted by Crippen LogP contribution is 2.29. The number of ether oxygens (including phenoxy) is 1. The summed E-state index contributed by atoms with van der Waals surface area (Å²) in [6, 6.07) is 3.02. The molecule has 0 spiro atoms. The van der Waals surface area contributed by atoms with Gasteiger partial charge in [0.2, 0.25) is 5.88 Å². The van der Waals surface area contributed by atoms with Crippen LogP contribution in [0.2, 0.25) is 0 Å². The minimum absolute atomic E-state index is 0.199. The van der Waals surface area contributed by atoms with Crippen LogP contribution in [0.25, 0.3) is 0 Å². The second-order valence-electron chi connectivity index (χ2n) is 3.79. The van der Waals surface area contributed by atoms with Gasteiger partial charge >= 0.3 is 0 Å². The molecule has 0 radical (unpaired) electrons. The van der Waals surface area contributed by atoms with E-state index in [-0.39, 0.29) is 11.6 Å². The maximum atomic E-state index is 13.5. The Morgan fingerprint density at radius 3 is 2.74 bits per heavy atom. The molecule has 100 valence electrons. The fraction of sp³-hybridized carbons (Fsp3) is 0.231. The fourth-order valence-electron chi connectivity index (χ4n) is 1.68. The topological polar surface area (TPSA) is 47.0 Å². The Balaban J connectivity index is 2.40. The lowest BCUT2D eigenvalue weighted by molar-refractivity contribution is 0.417. The predicted octanol–water partition coefficient (Wildman–Crippen LogP) is 3.15. The van der Waals surface area contributed by atoms with Gasteiger partial charge in [0.15, 0.2) is 11.6 Å². The SMILES string of the molecule is CCc1c(NC)ncnc1Oc1cc(F)ccc1F. The summed E-state index contributed by atoms with van der Waals surface area (Å²) < 4.78 is 32.0. The molecule has 0 fully saturated rings. The number of hydrogen-bond donors (Lipinski definition) is 1. The fourth-order valence-corrected chi connectivity index (χ4v) is 1.68. The first-order valence-electron chi connectivity index (χ1n) is 5.80. The van der Waals surface area contributed by atoms with E-state index in [0.717, 1.165) is 18.2 Å². The Hall–Kier alpha value is -2.24. The van der Waals surface area contributed by atoms with E-state index in [2.05, 4.69) is 15.3 Å². The molecule has 0 bridgehead atoms. The summed E-state index contributed by atoms with van der Waals surface area (Å²) in [6.07, 6.45) is 1.90. The van der Waals surface area contributed by atoms with Crippen molar-refractivity contribution in [1.29, 1.82) is 0 Å². The molecule has 0 aliphatic rings. The van der Waals surface area contributed by atoms with Crippen LogP contribution in [0.1, 0.15) is 12.5 Å². The molecule has 1 N–H and O–H groups in total. The molecule has 0 aliphatic carbocycles. The third kappa shape index (κ3) is 2.78. The lowest BCUT2D eigenvalue weighted by Gasteiger charge is -2.12. The molecule has 19 heavy (non-hydrogen) atoms. The standard InChI is InChI=1S/C13H13F2N3O/c1-3-9-12(16-2)17-7-18-13(9)19-11-6-8(14)4-5-10(11)15/h4-7H,3H2,1-2H3,(H,16,17,18). The molecule has 0 saturated heterocycles. The summed E-state index contributed by atoms with van der Waals surface area (Å²) in [5, 5.41) is 2.90. The van der Waals surface area contributed by atoms with E-state index >= 15 is 0 Å². The van der Waals surface area contributed by atoms with Crippen molar-refractivity contribution in [3.05, 3.63) is 41.7 Å². The number of nitrogens with zero attached hydrogens (tertiary/aromatic N) is 2. The number of nitrogens with one attached hydrogen (secondary N) is 1. The van der Waals surface area contributed by atoms with Crippen molar-refractivity contribution in [2.45, 2.75) is 13.3 Å². The van der Waals surface area contributed by atoms with Crippen molar-refractivity contribution in [2.24, 2.45) is 0 Å². The molecule has 2 aromatic rings. The van der Waals surface area contributed by atoms with Gasteiger partial charge in [0, 0.05) is 13.1 Å². The molecular weight excluding hydrogens is 252 g/mol. The molecule has 0 atom stereocenters. The van der Waals surface area contributed by atoms with E-state index in [0.29, 0.717) is 17.8 Å². The van der Waals surface area contributed by atoms with Crippen LogP contribution in [0.4, 0.5) is 14.6 Å². The van der Waals surface area contributed by atoms with Crippen molar-refractivity contribution in [1.82, 2.24) is 9.97 Å². The maximum absolute atomic E-state index is 13.5. The molecule has 1 heterocycles. The molecule has 2 rings (SSSR count). The highest BCUT2D eigenvalue weighted by molar-refractivity contribution is 5.49. The van der Waals surface area contributed by atoms with Crippen molar-refractivity contribution >= 4 is 5.82 Å². The highest BCUT2D eigenvalue weighted by atomic mass is 19.1. The van der Waals surface area contributed by atoms with Crippen LogP contribution in [0.3, 0.4) is 0 Å². The lowest BCUT2D eigenvalue weighted by atomic mass is 10.2. The average Bonchev–Trinajstić information content (AvgIpc) is 2.42. The first kappa shape index (κ1) is 13.2. The summed E-state index contributed by atoms with van der Waals surface area (Å²) >= 11 is 0. The Morgan fingerprint density at radius 1 is 1.26 bits per heavy atom. The van der Waals surface area contributed by atoms with Crippen molar-refractivity contribution in [2.75, 3.05) is 12.4 Å². The third-order valence-corrected chi connectivity index (χ3v) is 2.60. The van der Waals surface area contributed by atoms with Gasteiger partial charge in [-0.3, -0.25) is 0 Å². The lowest BCUT2D eigenvalue weighted by Crippen LogP contribution is -2.03. The van der Waals surface area contributed by atoms with Crippen molar-refractivity contribution in [3.63, 3.8) is 0 Å². The highest BCUT2D eigenvalue weighted by Gasteiger charge is 2.13. The van der Waals surface area contributed by atoms with Gasteiger partial charge in [0.25, 0.3) is 0 Å². The Morgan fingerprint density at radius 2 is 2.05 bits per heavy atom. The number of benzene rings is 1. The van der Waals surface area contributed by atoms with Gasteiger partial charge in [-0.15, -0.1) is 0 Å². The summed E-state index contributed by atoms with van der Waals surface area (Å²) in [5.41, 5.74) is 0.702. The van der Waals surface area contributed by atoms with Crippen molar-refractivity contribution < 1.29 is 13.5 Å².